The zero-order valence-corrected chi connectivity index (χ0v) is 16.1. The molecule has 28 heavy (non-hydrogen) atoms. The van der Waals surface area contributed by atoms with Gasteiger partial charge < -0.3 is 4.42 Å². The van der Waals surface area contributed by atoms with Gasteiger partial charge in [0.05, 0.1) is 23.4 Å². The van der Waals surface area contributed by atoms with Crippen molar-refractivity contribution in [1.29, 1.82) is 0 Å². The van der Waals surface area contributed by atoms with Gasteiger partial charge in [0.25, 0.3) is 5.56 Å². The van der Waals surface area contributed by atoms with Crippen molar-refractivity contribution in [2.75, 3.05) is 5.43 Å². The molecule has 1 aromatic carbocycles. The van der Waals surface area contributed by atoms with E-state index in [1.54, 1.807) is 38.1 Å². The maximum absolute atomic E-state index is 12.3. The molecule has 0 saturated carbocycles. The van der Waals surface area contributed by atoms with E-state index in [9.17, 15) is 13.2 Å². The van der Waals surface area contributed by atoms with Gasteiger partial charge in [-0.05, 0) is 43.7 Å². The van der Waals surface area contributed by atoms with Crippen LogP contribution in [0.4, 0.5) is 5.95 Å². The van der Waals surface area contributed by atoms with Crippen LogP contribution in [0.5, 0.6) is 0 Å². The minimum atomic E-state index is -3.66. The number of hydrogen-bond acceptors (Lipinski definition) is 7. The highest BCUT2D eigenvalue weighted by Gasteiger charge is 2.14. The van der Waals surface area contributed by atoms with E-state index in [-0.39, 0.29) is 22.9 Å². The molecule has 3 N–H and O–H groups in total. The summed E-state index contributed by atoms with van der Waals surface area (Å²) in [7, 11) is -3.66. The van der Waals surface area contributed by atoms with Crippen LogP contribution < -0.4 is 15.7 Å². The molecule has 2 heterocycles. The topological polar surface area (TPSA) is 129 Å². The van der Waals surface area contributed by atoms with Gasteiger partial charge >= 0.3 is 0 Å². The average molecular weight is 401 g/mol. The van der Waals surface area contributed by atoms with Crippen LogP contribution in [0, 0.1) is 6.92 Å². The van der Waals surface area contributed by atoms with Gasteiger partial charge in [0, 0.05) is 11.8 Å². The van der Waals surface area contributed by atoms with Gasteiger partial charge in [0.1, 0.15) is 5.76 Å². The van der Waals surface area contributed by atoms with Crippen LogP contribution in [0.15, 0.2) is 67.9 Å². The Morgan fingerprint density at radius 2 is 2.00 bits per heavy atom. The number of hydrazone groups is 1. The van der Waals surface area contributed by atoms with Crippen LogP contribution in [0.2, 0.25) is 0 Å². The number of benzene rings is 1. The summed E-state index contributed by atoms with van der Waals surface area (Å²) in [6.45, 7) is 3.53. The van der Waals surface area contributed by atoms with E-state index in [0.717, 1.165) is 0 Å². The first kappa shape index (κ1) is 19.5. The van der Waals surface area contributed by atoms with Crippen LogP contribution in [0.1, 0.15) is 23.9 Å². The summed E-state index contributed by atoms with van der Waals surface area (Å²) < 4.78 is 32.3. The normalized spacial score (nSPS) is 12.1. The molecule has 3 rings (SSSR count). The van der Waals surface area contributed by atoms with Gasteiger partial charge in [-0.25, -0.2) is 23.5 Å². The highest BCUT2D eigenvalue weighted by Crippen LogP contribution is 2.12. The number of nitrogens with one attached hydrogen (secondary N) is 3. The smallest absolute Gasteiger partial charge is 0.252 e. The van der Waals surface area contributed by atoms with Crippen LogP contribution >= 0.6 is 0 Å². The fraction of sp³-hybridized carbons (Fsp3) is 0.167. The van der Waals surface area contributed by atoms with E-state index in [1.807, 2.05) is 0 Å². The second-order valence-electron chi connectivity index (χ2n) is 5.97. The molecule has 0 atom stereocenters. The molecule has 2 aromatic heterocycles. The Labute approximate surface area is 161 Å². The minimum absolute atomic E-state index is 0.0726. The van der Waals surface area contributed by atoms with Crippen LogP contribution in [0.25, 0.3) is 0 Å². The SMILES string of the molecule is CC(=NNc1nc(C)cc(=O)[nH]1)c1ccc(S(=O)(=O)NCc2ccco2)cc1. The summed E-state index contributed by atoms with van der Waals surface area (Å²) in [5, 5.41) is 4.17. The van der Waals surface area contributed by atoms with Gasteiger partial charge in [-0.1, -0.05) is 12.1 Å². The van der Waals surface area contributed by atoms with Crippen molar-refractivity contribution in [3.63, 3.8) is 0 Å². The minimum Gasteiger partial charge on any atom is -0.468 e. The lowest BCUT2D eigenvalue weighted by Gasteiger charge is -2.07. The van der Waals surface area contributed by atoms with Crippen LogP contribution in [-0.4, -0.2) is 24.1 Å². The molecule has 3 aromatic rings. The second-order valence-corrected chi connectivity index (χ2v) is 7.74. The molecule has 0 aliphatic heterocycles. The maximum atomic E-state index is 12.3. The molecule has 0 saturated heterocycles. The van der Waals surface area contributed by atoms with Gasteiger partial charge in [-0.2, -0.15) is 5.10 Å². The van der Waals surface area contributed by atoms with Gasteiger partial charge in [-0.15, -0.1) is 0 Å². The predicted molar refractivity (Wildman–Crippen MR) is 105 cm³/mol. The number of nitrogens with zero attached hydrogens (tertiary/aromatic N) is 2. The van der Waals surface area contributed by atoms with Crippen molar-refractivity contribution in [3.05, 3.63) is 76.1 Å². The largest absolute Gasteiger partial charge is 0.468 e. The lowest BCUT2D eigenvalue weighted by molar-refractivity contribution is 0.498. The molecule has 0 fully saturated rings. The molecule has 0 spiro atoms. The lowest BCUT2D eigenvalue weighted by atomic mass is 10.1. The van der Waals surface area contributed by atoms with Gasteiger partial charge in [0.15, 0.2) is 0 Å². The van der Waals surface area contributed by atoms with Crippen LogP contribution in [-0.2, 0) is 16.6 Å². The molecule has 0 aliphatic rings. The second kappa shape index (κ2) is 8.19. The Bertz CT molecular complexity index is 1130. The molecule has 0 amide bonds. The molecule has 9 nitrogen and oxygen atoms in total. The number of aromatic nitrogens is 2. The van der Waals surface area contributed by atoms with E-state index >= 15 is 0 Å². The Morgan fingerprint density at radius 3 is 2.64 bits per heavy atom. The third-order valence-corrected chi connectivity index (χ3v) is 5.22. The molecule has 0 radical (unpaired) electrons. The molecular formula is C18H19N5O4S. The molecule has 10 heteroatoms. The number of anilines is 1. The number of H-pyrrole nitrogens is 1. The Morgan fingerprint density at radius 1 is 1.25 bits per heavy atom. The van der Waals surface area contributed by atoms with Gasteiger partial charge in [-0.3, -0.25) is 9.78 Å². The molecule has 0 aliphatic carbocycles. The zero-order valence-electron chi connectivity index (χ0n) is 15.3. The fourth-order valence-electron chi connectivity index (χ4n) is 2.37. The summed E-state index contributed by atoms with van der Waals surface area (Å²) in [5.74, 6) is 0.753. The van der Waals surface area contributed by atoms with Crippen molar-refractivity contribution >= 4 is 21.7 Å². The highest BCUT2D eigenvalue weighted by atomic mass is 32.2. The Kier molecular flexibility index (Phi) is 5.71. The summed E-state index contributed by atoms with van der Waals surface area (Å²) in [4.78, 5) is 18.2. The Hall–Kier alpha value is -3.24. The van der Waals surface area contributed by atoms with E-state index in [4.69, 9.17) is 4.42 Å². The number of sulfonamides is 1. The van der Waals surface area contributed by atoms with Crippen molar-refractivity contribution < 1.29 is 12.8 Å². The van der Waals surface area contributed by atoms with Crippen LogP contribution in [0.3, 0.4) is 0 Å². The zero-order chi connectivity index (χ0) is 20.1. The van der Waals surface area contributed by atoms with Crippen molar-refractivity contribution in [2.24, 2.45) is 5.10 Å². The van der Waals surface area contributed by atoms with E-state index in [2.05, 4.69) is 25.2 Å². The van der Waals surface area contributed by atoms with Gasteiger partial charge in [0.2, 0.25) is 16.0 Å². The first-order valence-corrected chi connectivity index (χ1v) is 9.82. The molecule has 0 unspecified atom stereocenters. The van der Waals surface area contributed by atoms with Crippen molar-refractivity contribution in [2.45, 2.75) is 25.3 Å². The number of aryl methyl sites for hydroxylation is 1. The quantitative estimate of drug-likeness (QED) is 0.410. The van der Waals surface area contributed by atoms with E-state index < -0.39 is 10.0 Å². The number of furan rings is 1. The first-order chi connectivity index (χ1) is 13.3. The first-order valence-electron chi connectivity index (χ1n) is 8.34. The average Bonchev–Trinajstić information content (AvgIpc) is 3.18. The molecule has 146 valence electrons. The lowest BCUT2D eigenvalue weighted by Crippen LogP contribution is -2.23. The van der Waals surface area contributed by atoms with E-state index in [0.29, 0.717) is 22.7 Å². The maximum Gasteiger partial charge on any atom is 0.252 e. The summed E-state index contributed by atoms with van der Waals surface area (Å²) in [6.07, 6.45) is 1.48. The third-order valence-electron chi connectivity index (χ3n) is 3.80. The van der Waals surface area contributed by atoms with Crippen molar-refractivity contribution in [1.82, 2.24) is 14.7 Å². The summed E-state index contributed by atoms with van der Waals surface area (Å²) in [5.41, 5.74) is 4.28. The fourth-order valence-corrected chi connectivity index (χ4v) is 3.36. The van der Waals surface area contributed by atoms with Crippen molar-refractivity contribution in [3.8, 4) is 0 Å². The predicted octanol–water partition coefficient (Wildman–Crippen LogP) is 1.99. The Balaban J connectivity index is 1.69. The third kappa shape index (κ3) is 4.93. The summed E-state index contributed by atoms with van der Waals surface area (Å²) in [6, 6.07) is 11.0. The van der Waals surface area contributed by atoms with E-state index in [1.165, 1.54) is 24.5 Å². The number of aromatic amines is 1. The highest BCUT2D eigenvalue weighted by molar-refractivity contribution is 7.89. The monoisotopic (exact) mass is 401 g/mol. The molecule has 0 bridgehead atoms. The standard InChI is InChI=1S/C18H19N5O4S/c1-12-10-17(24)21-18(20-12)23-22-13(2)14-5-7-16(8-6-14)28(25,26)19-11-15-4-3-9-27-15/h3-10,19H,11H2,1-2H3,(H2,20,21,23,24). The number of hydrogen-bond donors (Lipinski definition) is 3. The molecular weight excluding hydrogens is 382 g/mol. The number of rotatable bonds is 7. The summed E-state index contributed by atoms with van der Waals surface area (Å²) >= 11 is 0.